The molecule has 2 N–H and O–H groups in total. The van der Waals surface area contributed by atoms with E-state index in [4.69, 9.17) is 5.73 Å². The number of nitrogens with zero attached hydrogens (tertiary/aromatic N) is 2. The molecule has 0 aromatic carbocycles. The van der Waals surface area contributed by atoms with E-state index in [-0.39, 0.29) is 11.8 Å². The minimum Gasteiger partial charge on any atom is -0.369 e. The highest BCUT2D eigenvalue weighted by atomic mass is 16.2. The fourth-order valence-corrected chi connectivity index (χ4v) is 2.59. The molecule has 5 heteroatoms. The van der Waals surface area contributed by atoms with E-state index in [0.717, 1.165) is 25.9 Å². The Morgan fingerprint density at radius 1 is 1.22 bits per heavy atom. The Labute approximate surface area is 108 Å². The second-order valence-corrected chi connectivity index (χ2v) is 5.09. The van der Waals surface area contributed by atoms with Gasteiger partial charge in [-0.3, -0.25) is 14.5 Å². The topological polar surface area (TPSA) is 66.6 Å². The molecule has 2 rings (SSSR count). The molecule has 0 aromatic heterocycles. The molecule has 1 saturated heterocycles. The lowest BCUT2D eigenvalue weighted by Gasteiger charge is -2.34. The molecule has 1 aliphatic carbocycles. The van der Waals surface area contributed by atoms with Crippen LogP contribution in [0.4, 0.5) is 0 Å². The molecule has 100 valence electrons. The van der Waals surface area contributed by atoms with Gasteiger partial charge in [-0.25, -0.2) is 0 Å². The third-order valence-corrected chi connectivity index (χ3v) is 3.65. The summed E-state index contributed by atoms with van der Waals surface area (Å²) in [6.07, 6.45) is 7.15. The number of carbonyl (C=O) groups is 2. The molecule has 5 nitrogen and oxygen atoms in total. The summed E-state index contributed by atoms with van der Waals surface area (Å²) in [7, 11) is 0. The van der Waals surface area contributed by atoms with Gasteiger partial charge in [-0.15, -0.1) is 0 Å². The van der Waals surface area contributed by atoms with E-state index in [1.807, 2.05) is 9.80 Å². The van der Waals surface area contributed by atoms with Crippen LogP contribution in [-0.2, 0) is 9.59 Å². The molecule has 1 heterocycles. The van der Waals surface area contributed by atoms with Gasteiger partial charge < -0.3 is 10.6 Å². The third kappa shape index (κ3) is 3.57. The highest BCUT2D eigenvalue weighted by Gasteiger charge is 2.23. The molecular weight excluding hydrogens is 230 g/mol. The normalized spacial score (nSPS) is 24.4. The Bertz CT molecular complexity index is 346. The lowest BCUT2D eigenvalue weighted by atomic mass is 10.0. The van der Waals surface area contributed by atoms with Gasteiger partial charge in [0.25, 0.3) is 0 Å². The Morgan fingerprint density at radius 3 is 2.50 bits per heavy atom. The Morgan fingerprint density at radius 2 is 1.94 bits per heavy atom. The van der Waals surface area contributed by atoms with Gasteiger partial charge >= 0.3 is 0 Å². The number of nitrogens with two attached hydrogens (primary N) is 1. The van der Waals surface area contributed by atoms with Crippen LogP contribution in [0.2, 0.25) is 0 Å². The number of hydrogen-bond acceptors (Lipinski definition) is 3. The minimum absolute atomic E-state index is 0.241. The van der Waals surface area contributed by atoms with Crippen LogP contribution >= 0.6 is 0 Å². The molecular formula is C13H21N3O2. The number of amides is 2. The van der Waals surface area contributed by atoms with Crippen LogP contribution in [0.1, 0.15) is 19.3 Å². The fourth-order valence-electron chi connectivity index (χ4n) is 2.59. The van der Waals surface area contributed by atoms with E-state index in [9.17, 15) is 9.59 Å². The molecule has 0 saturated carbocycles. The number of piperazine rings is 1. The van der Waals surface area contributed by atoms with E-state index in [1.165, 1.54) is 0 Å². The maximum atomic E-state index is 12.1. The standard InChI is InChI=1S/C13H21N3O2/c14-12(17)10-15-5-7-16(8-6-15)13(18)9-11-3-1-2-4-11/h1,3,11H,2,4-10H2,(H2,14,17). The summed E-state index contributed by atoms with van der Waals surface area (Å²) >= 11 is 0. The van der Waals surface area contributed by atoms with Gasteiger partial charge in [0.05, 0.1) is 6.54 Å². The third-order valence-electron chi connectivity index (χ3n) is 3.65. The predicted octanol–water partition coefficient (Wildman–Crippen LogP) is -0.0278. The Hall–Kier alpha value is -1.36. The first-order valence-corrected chi connectivity index (χ1v) is 6.60. The zero-order valence-corrected chi connectivity index (χ0v) is 10.7. The predicted molar refractivity (Wildman–Crippen MR) is 68.7 cm³/mol. The van der Waals surface area contributed by atoms with E-state index in [1.54, 1.807) is 0 Å². The van der Waals surface area contributed by atoms with Crippen molar-refractivity contribution in [1.29, 1.82) is 0 Å². The van der Waals surface area contributed by atoms with Crippen molar-refractivity contribution in [3.63, 3.8) is 0 Å². The van der Waals surface area contributed by atoms with Gasteiger partial charge in [0.15, 0.2) is 0 Å². The van der Waals surface area contributed by atoms with E-state index < -0.39 is 0 Å². The minimum atomic E-state index is -0.300. The smallest absolute Gasteiger partial charge is 0.231 e. The first-order chi connectivity index (χ1) is 8.65. The van der Waals surface area contributed by atoms with Crippen LogP contribution in [0.3, 0.4) is 0 Å². The number of primary amides is 1. The Kier molecular flexibility index (Phi) is 4.36. The molecule has 1 aliphatic heterocycles. The van der Waals surface area contributed by atoms with Gasteiger partial charge in [0.2, 0.25) is 11.8 Å². The molecule has 0 spiro atoms. The number of allylic oxidation sites excluding steroid dienone is 2. The van der Waals surface area contributed by atoms with E-state index in [0.29, 0.717) is 32.0 Å². The molecule has 18 heavy (non-hydrogen) atoms. The highest BCUT2D eigenvalue weighted by molar-refractivity contribution is 5.77. The molecule has 1 atom stereocenters. The molecule has 2 amide bonds. The SMILES string of the molecule is NC(=O)CN1CCN(C(=O)CC2C=CCC2)CC1. The molecule has 1 fully saturated rings. The monoisotopic (exact) mass is 251 g/mol. The maximum Gasteiger partial charge on any atom is 0.231 e. The molecule has 0 aromatic rings. The van der Waals surface area contributed by atoms with Crippen molar-refractivity contribution in [1.82, 2.24) is 9.80 Å². The average Bonchev–Trinajstić information content (AvgIpc) is 2.82. The first-order valence-electron chi connectivity index (χ1n) is 6.60. The van der Waals surface area contributed by atoms with Crippen LogP contribution < -0.4 is 5.73 Å². The van der Waals surface area contributed by atoms with Crippen molar-refractivity contribution >= 4 is 11.8 Å². The van der Waals surface area contributed by atoms with Crippen LogP contribution in [0.5, 0.6) is 0 Å². The van der Waals surface area contributed by atoms with E-state index in [2.05, 4.69) is 12.2 Å². The fraction of sp³-hybridized carbons (Fsp3) is 0.692. The van der Waals surface area contributed by atoms with Crippen molar-refractivity contribution in [2.75, 3.05) is 32.7 Å². The molecule has 2 aliphatic rings. The van der Waals surface area contributed by atoms with Crippen LogP contribution in [0.15, 0.2) is 12.2 Å². The van der Waals surface area contributed by atoms with Gasteiger partial charge in [-0.2, -0.15) is 0 Å². The van der Waals surface area contributed by atoms with Gasteiger partial charge in [0, 0.05) is 32.6 Å². The highest BCUT2D eigenvalue weighted by Crippen LogP contribution is 2.21. The quantitative estimate of drug-likeness (QED) is 0.714. The summed E-state index contributed by atoms with van der Waals surface area (Å²) in [4.78, 5) is 26.8. The molecule has 0 radical (unpaired) electrons. The lowest BCUT2D eigenvalue weighted by Crippen LogP contribution is -2.50. The number of hydrogen-bond donors (Lipinski definition) is 1. The van der Waals surface area contributed by atoms with Crippen molar-refractivity contribution in [2.24, 2.45) is 11.7 Å². The van der Waals surface area contributed by atoms with Crippen molar-refractivity contribution in [2.45, 2.75) is 19.3 Å². The summed E-state index contributed by atoms with van der Waals surface area (Å²) in [6, 6.07) is 0. The summed E-state index contributed by atoms with van der Waals surface area (Å²) in [6.45, 7) is 3.21. The molecule has 0 bridgehead atoms. The van der Waals surface area contributed by atoms with Crippen LogP contribution in [-0.4, -0.2) is 54.3 Å². The molecule has 1 unspecified atom stereocenters. The summed E-state index contributed by atoms with van der Waals surface area (Å²) in [5.74, 6) is 0.372. The van der Waals surface area contributed by atoms with E-state index >= 15 is 0 Å². The van der Waals surface area contributed by atoms with Crippen LogP contribution in [0, 0.1) is 5.92 Å². The zero-order valence-electron chi connectivity index (χ0n) is 10.7. The zero-order chi connectivity index (χ0) is 13.0. The van der Waals surface area contributed by atoms with Crippen LogP contribution in [0.25, 0.3) is 0 Å². The second-order valence-electron chi connectivity index (χ2n) is 5.09. The lowest BCUT2D eigenvalue weighted by molar-refractivity contribution is -0.133. The number of rotatable bonds is 4. The average molecular weight is 251 g/mol. The van der Waals surface area contributed by atoms with Gasteiger partial charge in [-0.1, -0.05) is 12.2 Å². The first kappa shape index (κ1) is 13.1. The summed E-state index contributed by atoms with van der Waals surface area (Å²) in [5.41, 5.74) is 5.16. The van der Waals surface area contributed by atoms with Crippen molar-refractivity contribution in [3.05, 3.63) is 12.2 Å². The van der Waals surface area contributed by atoms with Gasteiger partial charge in [0.1, 0.15) is 0 Å². The largest absolute Gasteiger partial charge is 0.369 e. The summed E-state index contributed by atoms with van der Waals surface area (Å²) in [5, 5.41) is 0. The number of carbonyl (C=O) groups excluding carboxylic acids is 2. The van der Waals surface area contributed by atoms with Gasteiger partial charge in [-0.05, 0) is 18.8 Å². The Balaban J connectivity index is 1.73. The second kappa shape index (κ2) is 6.00. The van der Waals surface area contributed by atoms with Crippen molar-refractivity contribution in [3.8, 4) is 0 Å². The summed E-state index contributed by atoms with van der Waals surface area (Å²) < 4.78 is 0. The maximum absolute atomic E-state index is 12.1. The van der Waals surface area contributed by atoms with Crippen molar-refractivity contribution < 1.29 is 9.59 Å².